The minimum Gasteiger partial charge on any atom is -0.455 e. The van der Waals surface area contributed by atoms with E-state index in [1.807, 2.05) is 6.07 Å². The van der Waals surface area contributed by atoms with Gasteiger partial charge in [-0.15, -0.1) is 0 Å². The van der Waals surface area contributed by atoms with Crippen molar-refractivity contribution in [2.24, 2.45) is 5.84 Å². The SMILES string of the molecule is CN1C2CCC1CN(Cc1ccc(C(=O)NN)o1)CC2. The van der Waals surface area contributed by atoms with E-state index in [-0.39, 0.29) is 11.7 Å². The van der Waals surface area contributed by atoms with Gasteiger partial charge in [0.15, 0.2) is 5.76 Å². The highest BCUT2D eigenvalue weighted by Gasteiger charge is 2.34. The first-order chi connectivity index (χ1) is 9.67. The number of fused-ring (bicyclic) bond motifs is 2. The standard InChI is InChI=1S/C14H22N4O2/c1-17-10-2-3-11(17)8-18(7-6-10)9-12-4-5-13(20-12)14(19)16-15/h4-5,10-11H,2-3,6-9,15H2,1H3,(H,16,19). The van der Waals surface area contributed by atoms with Gasteiger partial charge in [-0.2, -0.15) is 0 Å². The molecule has 6 heteroatoms. The minimum absolute atomic E-state index is 0.274. The molecule has 2 aliphatic heterocycles. The van der Waals surface area contributed by atoms with Crippen molar-refractivity contribution in [2.75, 3.05) is 20.1 Å². The molecule has 110 valence electrons. The zero-order chi connectivity index (χ0) is 14.1. The number of likely N-dealkylation sites (N-methyl/N-ethyl adjacent to an activating group) is 1. The first-order valence-corrected chi connectivity index (χ1v) is 7.21. The largest absolute Gasteiger partial charge is 0.455 e. The highest BCUT2D eigenvalue weighted by atomic mass is 16.4. The third kappa shape index (κ3) is 2.59. The monoisotopic (exact) mass is 278 g/mol. The number of rotatable bonds is 3. The van der Waals surface area contributed by atoms with E-state index in [4.69, 9.17) is 10.3 Å². The second-order valence-electron chi connectivity index (χ2n) is 5.81. The van der Waals surface area contributed by atoms with Crippen LogP contribution in [-0.2, 0) is 6.54 Å². The average molecular weight is 278 g/mol. The van der Waals surface area contributed by atoms with Crippen molar-refractivity contribution in [1.29, 1.82) is 0 Å². The Bertz CT molecular complexity index is 487. The van der Waals surface area contributed by atoms with E-state index in [9.17, 15) is 4.79 Å². The lowest BCUT2D eigenvalue weighted by Gasteiger charge is -2.24. The number of furan rings is 1. The van der Waals surface area contributed by atoms with Gasteiger partial charge in [-0.25, -0.2) is 5.84 Å². The fourth-order valence-electron chi connectivity index (χ4n) is 3.40. The molecule has 0 radical (unpaired) electrons. The molecule has 2 bridgehead atoms. The van der Waals surface area contributed by atoms with Gasteiger partial charge in [-0.05, 0) is 38.4 Å². The zero-order valence-corrected chi connectivity index (χ0v) is 11.8. The van der Waals surface area contributed by atoms with Gasteiger partial charge in [0.1, 0.15) is 5.76 Å². The molecular formula is C14H22N4O2. The van der Waals surface area contributed by atoms with E-state index in [1.54, 1.807) is 6.07 Å². The number of nitrogens with one attached hydrogen (secondary N) is 1. The van der Waals surface area contributed by atoms with Gasteiger partial charge in [-0.3, -0.25) is 20.0 Å². The van der Waals surface area contributed by atoms with Gasteiger partial charge in [0.05, 0.1) is 6.54 Å². The number of nitrogen functional groups attached to an aromatic ring is 1. The molecule has 3 rings (SSSR count). The zero-order valence-electron chi connectivity index (χ0n) is 11.8. The lowest BCUT2D eigenvalue weighted by atomic mass is 10.1. The Kier molecular flexibility index (Phi) is 3.78. The molecule has 1 aromatic heterocycles. The van der Waals surface area contributed by atoms with Crippen molar-refractivity contribution in [3.8, 4) is 0 Å². The van der Waals surface area contributed by atoms with Crippen molar-refractivity contribution >= 4 is 5.91 Å². The molecule has 6 nitrogen and oxygen atoms in total. The smallest absolute Gasteiger partial charge is 0.300 e. The summed E-state index contributed by atoms with van der Waals surface area (Å²) in [6.45, 7) is 2.92. The Balaban J connectivity index is 1.63. The molecule has 1 amide bonds. The van der Waals surface area contributed by atoms with Crippen molar-refractivity contribution in [3.63, 3.8) is 0 Å². The van der Waals surface area contributed by atoms with Crippen LogP contribution in [0.4, 0.5) is 0 Å². The van der Waals surface area contributed by atoms with Gasteiger partial charge >= 0.3 is 5.91 Å². The van der Waals surface area contributed by atoms with Gasteiger partial charge in [-0.1, -0.05) is 0 Å². The predicted octanol–water partition coefficient (Wildman–Crippen LogP) is 0.552. The van der Waals surface area contributed by atoms with Crippen LogP contribution in [0.15, 0.2) is 16.5 Å². The van der Waals surface area contributed by atoms with Crippen LogP contribution in [0.25, 0.3) is 0 Å². The maximum absolute atomic E-state index is 11.4. The quantitative estimate of drug-likeness (QED) is 0.480. The van der Waals surface area contributed by atoms with Crippen LogP contribution in [0.3, 0.4) is 0 Å². The second kappa shape index (κ2) is 5.55. The fraction of sp³-hybridized carbons (Fsp3) is 0.643. The second-order valence-corrected chi connectivity index (χ2v) is 5.81. The molecule has 3 N–H and O–H groups in total. The lowest BCUT2D eigenvalue weighted by molar-refractivity contribution is 0.0921. The Labute approximate surface area is 118 Å². The van der Waals surface area contributed by atoms with Gasteiger partial charge in [0, 0.05) is 25.2 Å². The summed E-state index contributed by atoms with van der Waals surface area (Å²) in [7, 11) is 2.24. The van der Waals surface area contributed by atoms with E-state index in [2.05, 4.69) is 22.3 Å². The molecule has 3 heterocycles. The molecule has 0 saturated carbocycles. The average Bonchev–Trinajstić information content (AvgIpc) is 2.98. The summed E-state index contributed by atoms with van der Waals surface area (Å²) >= 11 is 0. The van der Waals surface area contributed by atoms with Crippen molar-refractivity contribution in [1.82, 2.24) is 15.2 Å². The summed E-state index contributed by atoms with van der Waals surface area (Å²) in [5.74, 6) is 5.81. The first kappa shape index (κ1) is 13.6. The molecule has 0 aliphatic carbocycles. The summed E-state index contributed by atoms with van der Waals surface area (Å²) in [4.78, 5) is 16.3. The number of hydrazine groups is 1. The Morgan fingerprint density at radius 1 is 1.40 bits per heavy atom. The number of likely N-dealkylation sites (tertiary alicyclic amines) is 1. The lowest BCUT2D eigenvalue weighted by Crippen LogP contribution is -2.36. The highest BCUT2D eigenvalue weighted by molar-refractivity contribution is 5.90. The van der Waals surface area contributed by atoms with Crippen LogP contribution in [0.1, 0.15) is 35.6 Å². The van der Waals surface area contributed by atoms with E-state index in [0.29, 0.717) is 6.04 Å². The van der Waals surface area contributed by atoms with Crippen molar-refractivity contribution in [2.45, 2.75) is 37.9 Å². The van der Waals surface area contributed by atoms with E-state index in [1.165, 1.54) is 19.3 Å². The van der Waals surface area contributed by atoms with Crippen LogP contribution < -0.4 is 11.3 Å². The normalized spacial score (nSPS) is 27.5. The molecule has 0 aromatic carbocycles. The third-order valence-corrected chi connectivity index (χ3v) is 4.63. The molecule has 2 aliphatic rings. The molecule has 2 saturated heterocycles. The maximum atomic E-state index is 11.4. The third-order valence-electron chi connectivity index (χ3n) is 4.63. The number of carbonyl (C=O) groups excluding carboxylic acids is 1. The molecular weight excluding hydrogens is 256 g/mol. The van der Waals surface area contributed by atoms with Crippen molar-refractivity contribution in [3.05, 3.63) is 23.7 Å². The molecule has 0 spiro atoms. The van der Waals surface area contributed by atoms with Gasteiger partial charge < -0.3 is 4.42 Å². The Hall–Kier alpha value is -1.37. The predicted molar refractivity (Wildman–Crippen MR) is 74.8 cm³/mol. The number of nitrogens with zero attached hydrogens (tertiary/aromatic N) is 2. The number of hydrogen-bond acceptors (Lipinski definition) is 5. The van der Waals surface area contributed by atoms with Crippen molar-refractivity contribution < 1.29 is 9.21 Å². The van der Waals surface area contributed by atoms with Gasteiger partial charge in [0.2, 0.25) is 0 Å². The molecule has 20 heavy (non-hydrogen) atoms. The van der Waals surface area contributed by atoms with Crippen LogP contribution in [-0.4, -0.2) is 47.9 Å². The summed E-state index contributed by atoms with van der Waals surface area (Å²) in [5.41, 5.74) is 2.08. The summed E-state index contributed by atoms with van der Waals surface area (Å²) in [5, 5.41) is 0. The summed E-state index contributed by atoms with van der Waals surface area (Å²) in [6, 6.07) is 4.93. The summed E-state index contributed by atoms with van der Waals surface area (Å²) < 4.78 is 5.54. The van der Waals surface area contributed by atoms with Crippen LogP contribution in [0.2, 0.25) is 0 Å². The van der Waals surface area contributed by atoms with E-state index in [0.717, 1.165) is 31.4 Å². The van der Waals surface area contributed by atoms with Crippen LogP contribution in [0.5, 0.6) is 0 Å². The minimum atomic E-state index is -0.383. The molecule has 2 fully saturated rings. The van der Waals surface area contributed by atoms with Crippen LogP contribution in [0, 0.1) is 0 Å². The number of nitrogens with two attached hydrogens (primary N) is 1. The maximum Gasteiger partial charge on any atom is 0.300 e. The molecule has 2 atom stereocenters. The fourth-order valence-corrected chi connectivity index (χ4v) is 3.40. The Morgan fingerprint density at radius 2 is 2.20 bits per heavy atom. The summed E-state index contributed by atoms with van der Waals surface area (Å²) in [6.07, 6.45) is 3.83. The number of hydrogen-bond donors (Lipinski definition) is 2. The Morgan fingerprint density at radius 3 is 3.00 bits per heavy atom. The highest BCUT2D eigenvalue weighted by Crippen LogP contribution is 2.29. The number of carbonyl (C=O) groups is 1. The topological polar surface area (TPSA) is 74.7 Å². The molecule has 1 aromatic rings. The first-order valence-electron chi connectivity index (χ1n) is 7.21. The van der Waals surface area contributed by atoms with Crippen LogP contribution >= 0.6 is 0 Å². The van der Waals surface area contributed by atoms with E-state index >= 15 is 0 Å². The van der Waals surface area contributed by atoms with E-state index < -0.39 is 0 Å². The van der Waals surface area contributed by atoms with Gasteiger partial charge in [0.25, 0.3) is 0 Å². The molecule has 2 unspecified atom stereocenters. The number of amides is 1.